The minimum atomic E-state index is -3.71. The summed E-state index contributed by atoms with van der Waals surface area (Å²) in [7, 11) is -2.28. The van der Waals surface area contributed by atoms with Crippen LogP contribution in [-0.2, 0) is 14.8 Å². The Kier molecular flexibility index (Phi) is 6.33. The highest BCUT2D eigenvalue weighted by Crippen LogP contribution is 2.19. The predicted octanol–water partition coefficient (Wildman–Crippen LogP) is 2.76. The second-order valence-corrected chi connectivity index (χ2v) is 8.05. The minimum Gasteiger partial charge on any atom is -0.399 e. The van der Waals surface area contributed by atoms with Crippen molar-refractivity contribution in [3.8, 4) is 0 Å². The van der Waals surface area contributed by atoms with E-state index in [0.29, 0.717) is 17.8 Å². The lowest BCUT2D eigenvalue weighted by molar-refractivity contribution is -0.116. The van der Waals surface area contributed by atoms with Gasteiger partial charge in [-0.1, -0.05) is 6.07 Å². The number of hydrogen-bond acceptors (Lipinski definition) is 4. The van der Waals surface area contributed by atoms with Crippen LogP contribution in [0.1, 0.15) is 18.4 Å². The summed E-state index contributed by atoms with van der Waals surface area (Å²) in [4.78, 5) is 12.1. The van der Waals surface area contributed by atoms with Gasteiger partial charge in [-0.2, -0.15) is 0 Å². The van der Waals surface area contributed by atoms with Gasteiger partial charge in [0.1, 0.15) is 5.82 Å². The highest BCUT2D eigenvalue weighted by Gasteiger charge is 2.20. The van der Waals surface area contributed by atoms with Crippen molar-refractivity contribution in [2.45, 2.75) is 24.7 Å². The summed E-state index contributed by atoms with van der Waals surface area (Å²) < 4.78 is 38.9. The number of aryl methyl sites for hydroxylation is 1. The first-order valence-corrected chi connectivity index (χ1v) is 9.52. The van der Waals surface area contributed by atoms with Crippen LogP contribution in [0.3, 0.4) is 0 Å². The van der Waals surface area contributed by atoms with Crippen molar-refractivity contribution in [3.63, 3.8) is 0 Å². The quantitative estimate of drug-likeness (QED) is 0.724. The third-order valence-electron chi connectivity index (χ3n) is 3.93. The number of nitrogen functional groups attached to an aromatic ring is 1. The van der Waals surface area contributed by atoms with Crippen molar-refractivity contribution in [1.29, 1.82) is 0 Å². The van der Waals surface area contributed by atoms with E-state index in [2.05, 4.69) is 5.32 Å². The van der Waals surface area contributed by atoms with Gasteiger partial charge in [0.15, 0.2) is 0 Å². The second kappa shape index (κ2) is 8.29. The normalized spacial score (nSPS) is 11.5. The molecule has 2 rings (SSSR count). The van der Waals surface area contributed by atoms with Gasteiger partial charge in [-0.05, 0) is 55.3 Å². The molecule has 0 aromatic heterocycles. The summed E-state index contributed by atoms with van der Waals surface area (Å²) in [5, 5.41) is 2.77. The van der Waals surface area contributed by atoms with Crippen molar-refractivity contribution in [1.82, 2.24) is 4.31 Å². The van der Waals surface area contributed by atoms with Crippen LogP contribution < -0.4 is 11.1 Å². The van der Waals surface area contributed by atoms with Crippen LogP contribution in [0.25, 0.3) is 0 Å². The summed E-state index contributed by atoms with van der Waals surface area (Å²) in [6, 6.07) is 9.88. The third-order valence-corrected chi connectivity index (χ3v) is 5.81. The summed E-state index contributed by atoms with van der Waals surface area (Å²) in [6.45, 7) is 2.03. The lowest BCUT2D eigenvalue weighted by Crippen LogP contribution is -2.28. The molecule has 0 heterocycles. The largest absolute Gasteiger partial charge is 0.399 e. The van der Waals surface area contributed by atoms with E-state index in [1.54, 1.807) is 12.1 Å². The maximum Gasteiger partial charge on any atom is 0.242 e. The Labute approximate surface area is 152 Å². The summed E-state index contributed by atoms with van der Waals surface area (Å²) in [6.07, 6.45) is 0.516. The molecule has 2 aromatic rings. The van der Waals surface area contributed by atoms with Gasteiger partial charge in [0.2, 0.25) is 15.9 Å². The standard InChI is InChI=1S/C18H22FN3O3S/c1-13-5-8-15(20)12-17(13)21-18(23)4-3-11-22(2)26(24,25)16-9-6-14(19)7-10-16/h5-10,12H,3-4,11,20H2,1-2H3,(H,21,23). The lowest BCUT2D eigenvalue weighted by atomic mass is 10.1. The molecule has 0 unspecified atom stereocenters. The molecule has 0 aliphatic carbocycles. The maximum absolute atomic E-state index is 12.9. The molecule has 26 heavy (non-hydrogen) atoms. The Morgan fingerprint density at radius 1 is 1.19 bits per heavy atom. The van der Waals surface area contributed by atoms with E-state index in [1.807, 2.05) is 13.0 Å². The minimum absolute atomic E-state index is 0.0150. The molecule has 6 nitrogen and oxygen atoms in total. The summed E-state index contributed by atoms with van der Waals surface area (Å²) >= 11 is 0. The summed E-state index contributed by atoms with van der Waals surface area (Å²) in [5.74, 6) is -0.716. The first-order chi connectivity index (χ1) is 12.2. The highest BCUT2D eigenvalue weighted by molar-refractivity contribution is 7.89. The molecule has 3 N–H and O–H groups in total. The van der Waals surface area contributed by atoms with Gasteiger partial charge in [0.25, 0.3) is 0 Å². The van der Waals surface area contributed by atoms with Gasteiger partial charge < -0.3 is 11.1 Å². The number of carbonyl (C=O) groups is 1. The number of benzene rings is 2. The van der Waals surface area contributed by atoms with Gasteiger partial charge in [-0.25, -0.2) is 17.1 Å². The number of halogens is 1. The zero-order chi connectivity index (χ0) is 19.3. The molecular formula is C18H22FN3O3S. The Balaban J connectivity index is 1.89. The van der Waals surface area contributed by atoms with E-state index in [9.17, 15) is 17.6 Å². The number of amides is 1. The average molecular weight is 379 g/mol. The van der Waals surface area contributed by atoms with Crippen LogP contribution in [0.5, 0.6) is 0 Å². The molecule has 0 radical (unpaired) electrons. The molecule has 0 aliphatic heterocycles. The molecule has 1 amide bonds. The number of rotatable bonds is 7. The highest BCUT2D eigenvalue weighted by atomic mass is 32.2. The van der Waals surface area contributed by atoms with Crippen molar-refractivity contribution in [2.24, 2.45) is 0 Å². The monoisotopic (exact) mass is 379 g/mol. The topological polar surface area (TPSA) is 92.5 Å². The number of nitrogens with zero attached hydrogens (tertiary/aromatic N) is 1. The Morgan fingerprint density at radius 3 is 2.50 bits per heavy atom. The van der Waals surface area contributed by atoms with E-state index in [4.69, 9.17) is 5.73 Å². The van der Waals surface area contributed by atoms with Gasteiger partial charge in [-0.3, -0.25) is 4.79 Å². The van der Waals surface area contributed by atoms with Crippen LogP contribution in [0.2, 0.25) is 0 Å². The van der Waals surface area contributed by atoms with Crippen LogP contribution in [-0.4, -0.2) is 32.2 Å². The molecule has 0 saturated carbocycles. The smallest absolute Gasteiger partial charge is 0.242 e. The zero-order valence-corrected chi connectivity index (χ0v) is 15.5. The lowest BCUT2D eigenvalue weighted by Gasteiger charge is -2.17. The molecule has 140 valence electrons. The Hall–Kier alpha value is -2.45. The van der Waals surface area contributed by atoms with E-state index in [1.165, 1.54) is 19.2 Å². The maximum atomic E-state index is 12.9. The fourth-order valence-electron chi connectivity index (χ4n) is 2.36. The van der Waals surface area contributed by atoms with Gasteiger partial charge in [0, 0.05) is 31.4 Å². The molecule has 2 aromatic carbocycles. The molecule has 0 saturated heterocycles. The first-order valence-electron chi connectivity index (χ1n) is 8.08. The predicted molar refractivity (Wildman–Crippen MR) is 99.7 cm³/mol. The van der Waals surface area contributed by atoms with Crippen LogP contribution >= 0.6 is 0 Å². The van der Waals surface area contributed by atoms with Crippen molar-refractivity contribution in [2.75, 3.05) is 24.6 Å². The molecular weight excluding hydrogens is 357 g/mol. The Morgan fingerprint density at radius 2 is 1.85 bits per heavy atom. The molecule has 8 heteroatoms. The van der Waals surface area contributed by atoms with Gasteiger partial charge in [0.05, 0.1) is 4.90 Å². The van der Waals surface area contributed by atoms with E-state index < -0.39 is 15.8 Å². The zero-order valence-electron chi connectivity index (χ0n) is 14.7. The van der Waals surface area contributed by atoms with Crippen molar-refractivity contribution < 1.29 is 17.6 Å². The molecule has 0 spiro atoms. The number of hydrogen-bond donors (Lipinski definition) is 2. The number of anilines is 2. The molecule has 0 fully saturated rings. The van der Waals surface area contributed by atoms with Crippen LogP contribution in [0, 0.1) is 12.7 Å². The molecule has 0 atom stereocenters. The average Bonchev–Trinajstić information content (AvgIpc) is 2.58. The van der Waals surface area contributed by atoms with Gasteiger partial charge in [-0.15, -0.1) is 0 Å². The number of nitrogens with two attached hydrogens (primary N) is 1. The van der Waals surface area contributed by atoms with Crippen LogP contribution in [0.15, 0.2) is 47.4 Å². The number of sulfonamides is 1. The van der Waals surface area contributed by atoms with Crippen molar-refractivity contribution in [3.05, 3.63) is 53.8 Å². The fraction of sp³-hybridized carbons (Fsp3) is 0.278. The van der Waals surface area contributed by atoms with E-state index in [0.717, 1.165) is 22.0 Å². The van der Waals surface area contributed by atoms with Gasteiger partial charge >= 0.3 is 0 Å². The van der Waals surface area contributed by atoms with E-state index >= 15 is 0 Å². The van der Waals surface area contributed by atoms with Crippen molar-refractivity contribution >= 4 is 27.3 Å². The van der Waals surface area contributed by atoms with E-state index in [-0.39, 0.29) is 23.8 Å². The Bertz CT molecular complexity index is 883. The van der Waals surface area contributed by atoms with Crippen LogP contribution in [0.4, 0.5) is 15.8 Å². The fourth-order valence-corrected chi connectivity index (χ4v) is 3.57. The SMILES string of the molecule is Cc1ccc(N)cc1NC(=O)CCCN(C)S(=O)(=O)c1ccc(F)cc1. The second-order valence-electron chi connectivity index (χ2n) is 6.01. The number of nitrogens with one attached hydrogen (secondary N) is 1. The first kappa shape index (κ1) is 19.9. The molecule has 0 bridgehead atoms. The third kappa shape index (κ3) is 5.03. The number of carbonyl (C=O) groups excluding carboxylic acids is 1. The summed E-state index contributed by atoms with van der Waals surface area (Å²) in [5.41, 5.74) is 7.79. The molecule has 0 aliphatic rings.